The Morgan fingerprint density at radius 1 is 1.32 bits per heavy atom. The van der Waals surface area contributed by atoms with Crippen molar-refractivity contribution in [1.29, 1.82) is 0 Å². The molecule has 1 aliphatic carbocycles. The van der Waals surface area contributed by atoms with Crippen LogP contribution in [-0.2, 0) is 10.0 Å². The van der Waals surface area contributed by atoms with Gasteiger partial charge in [0.25, 0.3) is 10.0 Å². The maximum absolute atomic E-state index is 12.2. The van der Waals surface area contributed by atoms with Crippen LogP contribution in [0, 0.1) is 0 Å². The Kier molecular flexibility index (Phi) is 5.05. The van der Waals surface area contributed by atoms with E-state index in [0.717, 1.165) is 25.7 Å². The topological polar surface area (TPSA) is 72.2 Å². The fourth-order valence-electron chi connectivity index (χ4n) is 2.39. The number of halogens is 1. The van der Waals surface area contributed by atoms with Crippen molar-refractivity contribution in [3.8, 4) is 0 Å². The van der Waals surface area contributed by atoms with Crippen molar-refractivity contribution in [3.05, 3.63) is 15.9 Å². The lowest BCUT2D eigenvalue weighted by Gasteiger charge is -2.28. The quantitative estimate of drug-likeness (QED) is 0.804. The molecular formula is C12H19BrN2O2S2. The Balaban J connectivity index is 2.03. The first kappa shape index (κ1) is 15.4. The van der Waals surface area contributed by atoms with Gasteiger partial charge in [-0.15, -0.1) is 11.3 Å². The third-order valence-corrected chi connectivity index (χ3v) is 7.61. The zero-order valence-electron chi connectivity index (χ0n) is 10.7. The average Bonchev–Trinajstić information content (AvgIpc) is 2.67. The summed E-state index contributed by atoms with van der Waals surface area (Å²) in [6, 6.07) is 1.74. The van der Waals surface area contributed by atoms with Gasteiger partial charge in [0.05, 0.1) is 0 Å². The molecule has 2 rings (SSSR count). The predicted molar refractivity (Wildman–Crippen MR) is 81.8 cm³/mol. The molecule has 1 aromatic rings. The molecule has 0 unspecified atom stereocenters. The standard InChI is InChI=1S/C12H19BrN2O2S2/c13-10-5-8-18-11(10)19(16,17)15-9-12(14)6-3-1-2-4-7-12/h5,8,15H,1-4,6-7,9,14H2. The van der Waals surface area contributed by atoms with Crippen LogP contribution >= 0.6 is 27.3 Å². The largest absolute Gasteiger partial charge is 0.324 e. The summed E-state index contributed by atoms with van der Waals surface area (Å²) in [5, 5.41) is 1.75. The van der Waals surface area contributed by atoms with Crippen molar-refractivity contribution in [2.24, 2.45) is 5.73 Å². The number of nitrogens with one attached hydrogen (secondary N) is 1. The molecule has 3 N–H and O–H groups in total. The van der Waals surface area contributed by atoms with Gasteiger partial charge in [0.15, 0.2) is 0 Å². The maximum Gasteiger partial charge on any atom is 0.251 e. The maximum atomic E-state index is 12.2. The molecule has 1 heterocycles. The van der Waals surface area contributed by atoms with Gasteiger partial charge in [-0.25, -0.2) is 13.1 Å². The Bertz CT molecular complexity index is 520. The van der Waals surface area contributed by atoms with Crippen LogP contribution in [0.1, 0.15) is 38.5 Å². The van der Waals surface area contributed by atoms with Gasteiger partial charge in [0.1, 0.15) is 4.21 Å². The van der Waals surface area contributed by atoms with E-state index in [9.17, 15) is 8.42 Å². The molecule has 0 aliphatic heterocycles. The second-order valence-corrected chi connectivity index (χ2v) is 8.89. The number of hydrogen-bond acceptors (Lipinski definition) is 4. The van der Waals surface area contributed by atoms with E-state index >= 15 is 0 Å². The zero-order valence-corrected chi connectivity index (χ0v) is 13.9. The van der Waals surface area contributed by atoms with Crippen LogP contribution in [0.2, 0.25) is 0 Å². The Morgan fingerprint density at radius 3 is 2.47 bits per heavy atom. The van der Waals surface area contributed by atoms with Crippen molar-refractivity contribution in [3.63, 3.8) is 0 Å². The molecule has 0 aromatic carbocycles. The van der Waals surface area contributed by atoms with Gasteiger partial charge < -0.3 is 5.73 Å². The van der Waals surface area contributed by atoms with E-state index in [-0.39, 0.29) is 0 Å². The van der Waals surface area contributed by atoms with Crippen molar-refractivity contribution in [2.45, 2.75) is 48.3 Å². The highest BCUT2D eigenvalue weighted by Gasteiger charge is 2.29. The number of nitrogens with two attached hydrogens (primary N) is 1. The Labute approximate surface area is 127 Å². The van der Waals surface area contributed by atoms with Crippen LogP contribution in [0.15, 0.2) is 20.1 Å². The van der Waals surface area contributed by atoms with Gasteiger partial charge in [0, 0.05) is 16.6 Å². The van der Waals surface area contributed by atoms with Gasteiger partial charge in [-0.05, 0) is 40.2 Å². The first-order valence-corrected chi connectivity index (χ1v) is 9.60. The average molecular weight is 367 g/mol. The molecular weight excluding hydrogens is 348 g/mol. The van der Waals surface area contributed by atoms with Gasteiger partial charge in [-0.2, -0.15) is 0 Å². The van der Waals surface area contributed by atoms with E-state index in [4.69, 9.17) is 5.73 Å². The minimum atomic E-state index is -3.46. The van der Waals surface area contributed by atoms with Crippen molar-refractivity contribution >= 4 is 37.3 Å². The van der Waals surface area contributed by atoms with Crippen molar-refractivity contribution < 1.29 is 8.42 Å². The minimum Gasteiger partial charge on any atom is -0.324 e. The van der Waals surface area contributed by atoms with E-state index in [1.165, 1.54) is 24.2 Å². The molecule has 4 nitrogen and oxygen atoms in total. The van der Waals surface area contributed by atoms with E-state index in [2.05, 4.69) is 20.7 Å². The lowest BCUT2D eigenvalue weighted by Crippen LogP contribution is -2.49. The van der Waals surface area contributed by atoms with Crippen molar-refractivity contribution in [2.75, 3.05) is 6.54 Å². The highest BCUT2D eigenvalue weighted by atomic mass is 79.9. The second kappa shape index (κ2) is 6.22. The SMILES string of the molecule is NC1(CNS(=O)(=O)c2sccc2Br)CCCCCC1. The summed E-state index contributed by atoms with van der Waals surface area (Å²) in [4.78, 5) is 0. The molecule has 7 heteroatoms. The summed E-state index contributed by atoms with van der Waals surface area (Å²) in [5.74, 6) is 0. The van der Waals surface area contributed by atoms with Crippen molar-refractivity contribution in [1.82, 2.24) is 4.72 Å². The lowest BCUT2D eigenvalue weighted by molar-refractivity contribution is 0.369. The third-order valence-electron chi connectivity index (χ3n) is 3.54. The first-order chi connectivity index (χ1) is 8.93. The summed E-state index contributed by atoms with van der Waals surface area (Å²) >= 11 is 4.46. The Morgan fingerprint density at radius 2 is 1.95 bits per heavy atom. The fraction of sp³-hybridized carbons (Fsp3) is 0.667. The van der Waals surface area contributed by atoms with Gasteiger partial charge >= 0.3 is 0 Å². The minimum absolute atomic E-state index is 0.319. The van der Waals surface area contributed by atoms with Gasteiger partial charge in [0.2, 0.25) is 0 Å². The second-order valence-electron chi connectivity index (χ2n) is 5.16. The highest BCUT2D eigenvalue weighted by molar-refractivity contribution is 9.10. The molecule has 1 fully saturated rings. The van der Waals surface area contributed by atoms with E-state index in [1.54, 1.807) is 11.4 Å². The Hall–Kier alpha value is 0.0500. The molecule has 0 atom stereocenters. The lowest BCUT2D eigenvalue weighted by atomic mass is 9.92. The summed E-state index contributed by atoms with van der Waals surface area (Å²) in [7, 11) is -3.46. The molecule has 0 bridgehead atoms. The molecule has 1 aromatic heterocycles. The molecule has 19 heavy (non-hydrogen) atoms. The third kappa shape index (κ3) is 4.01. The molecule has 0 amide bonds. The van der Waals surface area contributed by atoms with E-state index in [0.29, 0.717) is 15.2 Å². The zero-order chi connectivity index (χ0) is 13.9. The predicted octanol–water partition coefficient (Wildman–Crippen LogP) is 2.84. The van der Waals surface area contributed by atoms with Crippen LogP contribution in [-0.4, -0.2) is 20.5 Å². The smallest absolute Gasteiger partial charge is 0.251 e. The normalized spacial score (nSPS) is 20.1. The van der Waals surface area contributed by atoms with Crippen LogP contribution in [0.3, 0.4) is 0 Å². The van der Waals surface area contributed by atoms with E-state index in [1.807, 2.05) is 0 Å². The van der Waals surface area contributed by atoms with Crippen LogP contribution in [0.4, 0.5) is 0 Å². The summed E-state index contributed by atoms with van der Waals surface area (Å²) in [6.07, 6.45) is 6.34. The van der Waals surface area contributed by atoms with Crippen LogP contribution in [0.25, 0.3) is 0 Å². The van der Waals surface area contributed by atoms with Crippen LogP contribution < -0.4 is 10.5 Å². The number of sulfonamides is 1. The fourth-order valence-corrected chi connectivity index (χ4v) is 5.90. The molecule has 108 valence electrons. The van der Waals surface area contributed by atoms with E-state index < -0.39 is 15.6 Å². The first-order valence-electron chi connectivity index (χ1n) is 6.45. The summed E-state index contributed by atoms with van der Waals surface area (Å²) in [6.45, 7) is 0.319. The number of hydrogen-bond donors (Lipinski definition) is 2. The molecule has 0 spiro atoms. The molecule has 1 aliphatic rings. The number of rotatable bonds is 4. The van der Waals surface area contributed by atoms with Crippen LogP contribution in [0.5, 0.6) is 0 Å². The van der Waals surface area contributed by atoms with Gasteiger partial charge in [-0.1, -0.05) is 25.7 Å². The highest BCUT2D eigenvalue weighted by Crippen LogP contribution is 2.28. The number of thiophene rings is 1. The monoisotopic (exact) mass is 366 g/mol. The molecule has 1 saturated carbocycles. The molecule has 0 saturated heterocycles. The van der Waals surface area contributed by atoms with Gasteiger partial charge in [-0.3, -0.25) is 0 Å². The molecule has 0 radical (unpaired) electrons. The summed E-state index contributed by atoms with van der Waals surface area (Å²) < 4.78 is 28.0. The summed E-state index contributed by atoms with van der Waals surface area (Å²) in [5.41, 5.74) is 5.93.